The van der Waals surface area contributed by atoms with Crippen molar-refractivity contribution in [2.45, 2.75) is 11.4 Å². The Hall–Kier alpha value is -1.05. The Morgan fingerprint density at radius 2 is 2.00 bits per heavy atom. The minimum Gasteiger partial charge on any atom is -0.309 e. The van der Waals surface area contributed by atoms with Crippen molar-refractivity contribution in [2.24, 2.45) is 0 Å². The van der Waals surface area contributed by atoms with Gasteiger partial charge in [0.2, 0.25) is 5.91 Å². The van der Waals surface area contributed by atoms with Gasteiger partial charge in [0, 0.05) is 24.3 Å². The number of rotatable bonds is 3. The fourth-order valence-electron chi connectivity index (χ4n) is 2.00. The molecule has 2 atom stereocenters. The fraction of sp³-hybridized carbons (Fsp3) is 0.214. The first-order valence-electron chi connectivity index (χ1n) is 6.32. The summed E-state index contributed by atoms with van der Waals surface area (Å²) in [6.45, 7) is 0. The van der Waals surface area contributed by atoms with Crippen LogP contribution in [-0.4, -0.2) is 27.7 Å². The molecule has 1 amide bonds. The second-order valence-corrected chi connectivity index (χ2v) is 5.56. The van der Waals surface area contributed by atoms with Gasteiger partial charge >= 0.3 is 0 Å². The lowest BCUT2D eigenvalue weighted by molar-refractivity contribution is -0.117. The van der Waals surface area contributed by atoms with Crippen LogP contribution in [0.5, 0.6) is 0 Å². The molecule has 1 aliphatic rings. The molecule has 1 aliphatic heterocycles. The molecule has 0 spiro atoms. The van der Waals surface area contributed by atoms with Gasteiger partial charge in [0.25, 0.3) is 0 Å². The van der Waals surface area contributed by atoms with E-state index in [1.54, 1.807) is 30.2 Å². The minimum absolute atomic E-state index is 0. The highest BCUT2D eigenvalue weighted by molar-refractivity contribution is 7.99. The molecule has 23 heavy (non-hydrogen) atoms. The highest BCUT2D eigenvalue weighted by Gasteiger charge is 2.30. The Bertz CT molecular complexity index is 591. The van der Waals surface area contributed by atoms with Crippen LogP contribution in [0.15, 0.2) is 48.9 Å². The summed E-state index contributed by atoms with van der Waals surface area (Å²) >= 11 is 1.71. The SMILES string of the molecule is Cl.Cl.Cl.O=C(Nc1ccccn1)C1CSC(c2cccnc2)N1. The standard InChI is InChI=1S/C14H14N4OS.3ClH/c19-13(18-12-5-1-2-7-16-12)11-9-20-14(17-11)10-4-3-6-15-8-10;;;/h1-8,11,14,17H,9H2,(H,16,18,19);3*1H. The molecular formula is C14H17Cl3N4OS. The number of aromatic nitrogens is 2. The van der Waals surface area contributed by atoms with Crippen LogP contribution in [0.25, 0.3) is 0 Å². The normalized spacial score (nSPS) is 18.8. The zero-order valence-corrected chi connectivity index (χ0v) is 15.2. The molecule has 0 saturated carbocycles. The number of carbonyl (C=O) groups is 1. The third kappa shape index (κ3) is 5.82. The first-order chi connectivity index (χ1) is 9.83. The summed E-state index contributed by atoms with van der Waals surface area (Å²) in [5, 5.41) is 6.24. The maximum atomic E-state index is 12.1. The van der Waals surface area contributed by atoms with Gasteiger partial charge < -0.3 is 5.32 Å². The molecule has 1 fully saturated rings. The van der Waals surface area contributed by atoms with Gasteiger partial charge in [0.15, 0.2) is 0 Å². The van der Waals surface area contributed by atoms with E-state index in [-0.39, 0.29) is 54.5 Å². The van der Waals surface area contributed by atoms with Gasteiger partial charge in [-0.1, -0.05) is 12.1 Å². The molecule has 0 bridgehead atoms. The molecule has 5 nitrogen and oxygen atoms in total. The van der Waals surface area contributed by atoms with E-state index in [4.69, 9.17) is 0 Å². The number of hydrogen-bond donors (Lipinski definition) is 2. The summed E-state index contributed by atoms with van der Waals surface area (Å²) < 4.78 is 0. The van der Waals surface area contributed by atoms with Crippen molar-refractivity contribution in [3.63, 3.8) is 0 Å². The molecule has 1 saturated heterocycles. The maximum Gasteiger partial charge on any atom is 0.243 e. The number of anilines is 1. The number of hydrogen-bond acceptors (Lipinski definition) is 5. The first kappa shape index (κ1) is 21.9. The van der Waals surface area contributed by atoms with Crippen LogP contribution in [0.3, 0.4) is 0 Å². The highest BCUT2D eigenvalue weighted by atomic mass is 35.5. The van der Waals surface area contributed by atoms with Crippen LogP contribution in [-0.2, 0) is 4.79 Å². The molecule has 0 radical (unpaired) electrons. The van der Waals surface area contributed by atoms with Gasteiger partial charge in [0.1, 0.15) is 5.82 Å². The fourth-order valence-corrected chi connectivity index (χ4v) is 3.22. The molecular weight excluding hydrogens is 379 g/mol. The highest BCUT2D eigenvalue weighted by Crippen LogP contribution is 2.32. The van der Waals surface area contributed by atoms with Crippen LogP contribution in [0.2, 0.25) is 0 Å². The Morgan fingerprint density at radius 3 is 2.65 bits per heavy atom. The summed E-state index contributed by atoms with van der Waals surface area (Å²) in [7, 11) is 0. The van der Waals surface area contributed by atoms with E-state index in [2.05, 4.69) is 20.6 Å². The molecule has 3 rings (SSSR count). The van der Waals surface area contributed by atoms with E-state index >= 15 is 0 Å². The predicted octanol–water partition coefficient (Wildman–Crippen LogP) is 3.08. The van der Waals surface area contributed by atoms with Crippen molar-refractivity contribution in [2.75, 3.05) is 11.1 Å². The van der Waals surface area contributed by atoms with Crippen molar-refractivity contribution < 1.29 is 4.79 Å². The number of nitrogens with zero attached hydrogens (tertiary/aromatic N) is 2. The van der Waals surface area contributed by atoms with Crippen LogP contribution in [0.4, 0.5) is 5.82 Å². The second kappa shape index (κ2) is 10.7. The van der Waals surface area contributed by atoms with E-state index in [1.807, 2.05) is 30.5 Å². The number of amides is 1. The summed E-state index contributed by atoms with van der Waals surface area (Å²) in [4.78, 5) is 20.3. The summed E-state index contributed by atoms with van der Waals surface area (Å²) in [5.41, 5.74) is 1.09. The smallest absolute Gasteiger partial charge is 0.243 e. The average Bonchev–Trinajstić information content (AvgIpc) is 2.99. The number of thioether (sulfide) groups is 1. The zero-order chi connectivity index (χ0) is 13.8. The Kier molecular flexibility index (Phi) is 10.2. The minimum atomic E-state index is -0.216. The van der Waals surface area contributed by atoms with Gasteiger partial charge in [0.05, 0.1) is 11.4 Å². The van der Waals surface area contributed by atoms with Crippen molar-refractivity contribution in [3.05, 3.63) is 54.5 Å². The van der Waals surface area contributed by atoms with Crippen LogP contribution >= 0.6 is 49.0 Å². The Balaban J connectivity index is 0.00000161. The number of pyridine rings is 2. The maximum absolute atomic E-state index is 12.1. The monoisotopic (exact) mass is 394 g/mol. The lowest BCUT2D eigenvalue weighted by Gasteiger charge is -2.13. The number of nitrogens with one attached hydrogen (secondary N) is 2. The van der Waals surface area contributed by atoms with Crippen molar-refractivity contribution in [3.8, 4) is 0 Å². The molecule has 2 aromatic heterocycles. The molecule has 0 aliphatic carbocycles. The Morgan fingerprint density at radius 1 is 1.17 bits per heavy atom. The lowest BCUT2D eigenvalue weighted by atomic mass is 10.2. The zero-order valence-electron chi connectivity index (χ0n) is 11.9. The molecule has 3 heterocycles. The molecule has 126 valence electrons. The van der Waals surface area contributed by atoms with E-state index in [9.17, 15) is 4.79 Å². The topological polar surface area (TPSA) is 66.9 Å². The average molecular weight is 396 g/mol. The van der Waals surface area contributed by atoms with Gasteiger partial charge in [-0.05, 0) is 23.8 Å². The van der Waals surface area contributed by atoms with E-state index in [0.717, 1.165) is 11.3 Å². The van der Waals surface area contributed by atoms with E-state index in [1.165, 1.54) is 0 Å². The molecule has 2 N–H and O–H groups in total. The molecule has 2 unspecified atom stereocenters. The van der Waals surface area contributed by atoms with Crippen LogP contribution in [0.1, 0.15) is 10.9 Å². The van der Waals surface area contributed by atoms with Crippen molar-refractivity contribution in [1.29, 1.82) is 0 Å². The first-order valence-corrected chi connectivity index (χ1v) is 7.37. The van der Waals surface area contributed by atoms with E-state index < -0.39 is 0 Å². The van der Waals surface area contributed by atoms with E-state index in [0.29, 0.717) is 5.82 Å². The van der Waals surface area contributed by atoms with Gasteiger partial charge in [-0.3, -0.25) is 15.1 Å². The summed E-state index contributed by atoms with van der Waals surface area (Å²) in [6.07, 6.45) is 5.23. The molecule has 0 aromatic carbocycles. The van der Waals surface area contributed by atoms with Gasteiger partial charge in [-0.2, -0.15) is 0 Å². The third-order valence-electron chi connectivity index (χ3n) is 3.00. The largest absolute Gasteiger partial charge is 0.309 e. The van der Waals surface area contributed by atoms with Gasteiger partial charge in [-0.25, -0.2) is 4.98 Å². The van der Waals surface area contributed by atoms with Crippen LogP contribution < -0.4 is 10.6 Å². The Labute approximate surface area is 157 Å². The van der Waals surface area contributed by atoms with Crippen LogP contribution in [0, 0.1) is 0 Å². The van der Waals surface area contributed by atoms with Crippen molar-refractivity contribution in [1.82, 2.24) is 15.3 Å². The summed E-state index contributed by atoms with van der Waals surface area (Å²) in [6, 6.07) is 9.14. The number of halogens is 3. The second-order valence-electron chi connectivity index (χ2n) is 4.42. The number of carbonyl (C=O) groups excluding carboxylic acids is 1. The lowest BCUT2D eigenvalue weighted by Crippen LogP contribution is -2.38. The van der Waals surface area contributed by atoms with Gasteiger partial charge in [-0.15, -0.1) is 49.0 Å². The third-order valence-corrected chi connectivity index (χ3v) is 4.27. The molecule has 2 aromatic rings. The summed E-state index contributed by atoms with van der Waals surface area (Å²) in [5.74, 6) is 1.26. The predicted molar refractivity (Wildman–Crippen MR) is 101 cm³/mol. The quantitative estimate of drug-likeness (QED) is 0.836. The van der Waals surface area contributed by atoms with Crippen molar-refractivity contribution >= 4 is 60.7 Å². The molecule has 9 heteroatoms.